The van der Waals surface area contributed by atoms with Crippen molar-refractivity contribution in [3.63, 3.8) is 0 Å². The van der Waals surface area contributed by atoms with Gasteiger partial charge in [-0.25, -0.2) is 28.8 Å². The molecule has 63 heavy (non-hydrogen) atoms. The minimum atomic E-state index is -5.17. The second-order valence-corrected chi connectivity index (χ2v) is 18.6. The lowest BCUT2D eigenvalue weighted by atomic mass is 10.1. The fourth-order valence-corrected chi connectivity index (χ4v) is 7.45. The van der Waals surface area contributed by atoms with E-state index in [4.69, 9.17) is 17.5 Å². The molecule has 0 unspecified atom stereocenters. The van der Waals surface area contributed by atoms with E-state index in [0.29, 0.717) is 38.5 Å². The molecule has 0 heterocycles. The molecule has 0 fully saturated rings. The first-order valence-corrected chi connectivity index (χ1v) is 26.8. The van der Waals surface area contributed by atoms with Gasteiger partial charge in [-0.3, -0.25) is 8.42 Å². The number of hydrogen-bond donors (Lipinski definition) is 0. The van der Waals surface area contributed by atoms with E-state index in [9.17, 15) is 28.8 Å². The zero-order chi connectivity index (χ0) is 48.4. The second-order valence-electron chi connectivity index (χ2n) is 17.8. The Labute approximate surface area is 386 Å². The summed E-state index contributed by atoms with van der Waals surface area (Å²) in [6, 6.07) is 0. The third-order valence-corrected chi connectivity index (χ3v) is 12.0. The Kier molecular flexibility index (Phi) is 43.9. The van der Waals surface area contributed by atoms with Gasteiger partial charge in [0.15, 0.2) is 0 Å². The van der Waals surface area contributed by atoms with Crippen molar-refractivity contribution in [2.45, 2.75) is 273 Å². The summed E-state index contributed by atoms with van der Waals surface area (Å²) < 4.78 is 32.9. The maximum Gasteiger partial charge on any atom is 0.328 e. The Bertz CT molecular complexity index is 1100. The third kappa shape index (κ3) is 34.8. The van der Waals surface area contributed by atoms with Crippen molar-refractivity contribution in [2.75, 3.05) is 14.1 Å². The molecular formula is C50H96N2O10S. The van der Waals surface area contributed by atoms with Gasteiger partial charge in [0.1, 0.15) is 0 Å². The highest BCUT2D eigenvalue weighted by Gasteiger charge is 2.46. The molecule has 0 aliphatic rings. The predicted octanol–water partition coefficient (Wildman–Crippen LogP) is 12.9. The number of unbranched alkanes of at least 4 members (excludes halogenated alkanes) is 24. The molecule has 13 heteroatoms. The number of nitrogens with zero attached hydrogens (tertiary/aromatic N) is 2. The average molecular weight is 917 g/mol. The quantitative estimate of drug-likeness (QED) is 0.0254. The molecule has 0 atom stereocenters. The van der Waals surface area contributed by atoms with Crippen LogP contribution in [0.2, 0.25) is 0 Å². The van der Waals surface area contributed by atoms with Gasteiger partial charge < -0.3 is 9.11 Å². The fourth-order valence-electron chi connectivity index (χ4n) is 7.45. The first-order chi connectivity index (χ1) is 29.9. The van der Waals surface area contributed by atoms with Gasteiger partial charge >= 0.3 is 35.4 Å². The second kappa shape index (κ2) is 42.4. The van der Waals surface area contributed by atoms with Crippen LogP contribution in [0.5, 0.6) is 0 Å². The van der Waals surface area contributed by atoms with Crippen LogP contribution in [0.1, 0.15) is 273 Å². The number of hydrogen-bond acceptors (Lipinski definition) is 10. The highest BCUT2D eigenvalue weighted by atomic mass is 32.3. The summed E-state index contributed by atoms with van der Waals surface area (Å²) in [5.41, 5.74) is 0. The van der Waals surface area contributed by atoms with Crippen LogP contribution in [0.25, 0.3) is 0 Å². The van der Waals surface area contributed by atoms with E-state index in [0.717, 1.165) is 154 Å². The summed E-state index contributed by atoms with van der Waals surface area (Å²) in [6.07, 6.45) is 33.4. The number of amides is 6. The van der Waals surface area contributed by atoms with Crippen LogP contribution >= 0.6 is 0 Å². The van der Waals surface area contributed by atoms with E-state index in [2.05, 4.69) is 41.5 Å². The number of carbonyl (C=O) groups is 6. The van der Waals surface area contributed by atoms with Crippen LogP contribution < -0.4 is 0 Å². The molecule has 0 saturated heterocycles. The molecule has 0 aliphatic heterocycles. The molecule has 0 N–H and O–H groups in total. The minimum Gasteiger partial charge on any atom is -0.759 e. The molecule has 12 nitrogen and oxygen atoms in total. The van der Waals surface area contributed by atoms with Crippen molar-refractivity contribution in [1.29, 1.82) is 0 Å². The van der Waals surface area contributed by atoms with Crippen LogP contribution in [0.4, 0.5) is 0 Å². The molecule has 0 spiro atoms. The Morgan fingerprint density at radius 1 is 0.286 bits per heavy atom. The third-order valence-electron chi connectivity index (χ3n) is 12.0. The number of imide groups is 6. The highest BCUT2D eigenvalue weighted by molar-refractivity contribution is 7.79. The van der Waals surface area contributed by atoms with Crippen molar-refractivity contribution in [3.8, 4) is 0 Å². The normalized spacial score (nSPS) is 11.6. The number of rotatable bonds is 36. The first kappa shape index (κ1) is 65.1. The largest absolute Gasteiger partial charge is 0.759 e. The minimum absolute atomic E-state index is 0.196. The van der Waals surface area contributed by atoms with Crippen LogP contribution in [0.15, 0.2) is 0 Å². The molecular weight excluding hydrogens is 821 g/mol. The molecule has 0 aliphatic carbocycles. The van der Waals surface area contributed by atoms with E-state index in [1.807, 2.05) is 0 Å². The van der Waals surface area contributed by atoms with Gasteiger partial charge in [-0.05, 0) is 38.5 Å². The maximum absolute atomic E-state index is 13.0. The molecule has 0 aromatic heterocycles. The number of carbonyl (C=O) groups excluding carboxylic acids is 6. The van der Waals surface area contributed by atoms with E-state index < -0.39 is 19.4 Å². The molecule has 372 valence electrons. The zero-order valence-electron chi connectivity index (χ0n) is 41.8. The van der Waals surface area contributed by atoms with Crippen LogP contribution in [0.3, 0.4) is 0 Å². The molecule has 0 rings (SSSR count). The lowest BCUT2D eigenvalue weighted by Gasteiger charge is -2.26. The topological polar surface area (TPSA) is 183 Å². The molecule has 0 aromatic rings. The Morgan fingerprint density at radius 3 is 0.508 bits per heavy atom. The van der Waals surface area contributed by atoms with Crippen LogP contribution in [-0.4, -0.2) is 76.0 Å². The molecule has 0 aromatic carbocycles. The van der Waals surface area contributed by atoms with Gasteiger partial charge in [-0.2, -0.15) is 0 Å². The van der Waals surface area contributed by atoms with Gasteiger partial charge in [0, 0.05) is 10.4 Å². The van der Waals surface area contributed by atoms with Crippen molar-refractivity contribution < 1.29 is 55.3 Å². The van der Waals surface area contributed by atoms with E-state index in [-0.39, 0.29) is 35.4 Å². The number of quaternary nitrogens is 2. The van der Waals surface area contributed by atoms with Gasteiger partial charge in [-0.15, -0.1) is 8.97 Å². The fraction of sp³-hybridized carbons (Fsp3) is 0.880. The summed E-state index contributed by atoms with van der Waals surface area (Å²) in [4.78, 5) is 77.9. The average Bonchev–Trinajstić information content (AvgIpc) is 3.24. The van der Waals surface area contributed by atoms with Crippen LogP contribution in [-0.2, 0) is 39.2 Å². The molecule has 0 radical (unpaired) electrons. The van der Waals surface area contributed by atoms with E-state index >= 15 is 0 Å². The summed E-state index contributed by atoms with van der Waals surface area (Å²) >= 11 is 0. The maximum atomic E-state index is 13.0. The molecule has 0 bridgehead atoms. The van der Waals surface area contributed by atoms with Crippen molar-refractivity contribution in [3.05, 3.63) is 0 Å². The lowest BCUT2D eigenvalue weighted by Crippen LogP contribution is -2.57. The van der Waals surface area contributed by atoms with Gasteiger partial charge in [-0.1, -0.05) is 196 Å². The van der Waals surface area contributed by atoms with Crippen LogP contribution in [0, 0.1) is 0 Å². The highest BCUT2D eigenvalue weighted by Crippen LogP contribution is 2.22. The van der Waals surface area contributed by atoms with E-state index in [1.165, 1.54) is 38.5 Å². The van der Waals surface area contributed by atoms with E-state index in [1.54, 1.807) is 14.1 Å². The Hall–Kier alpha value is -2.19. The summed E-state index contributed by atoms with van der Waals surface area (Å²) in [5, 5.41) is 0. The van der Waals surface area contributed by atoms with Gasteiger partial charge in [0.05, 0.1) is 52.6 Å². The predicted molar refractivity (Wildman–Crippen MR) is 253 cm³/mol. The van der Waals surface area contributed by atoms with Gasteiger partial charge in [0.2, 0.25) is 0 Å². The summed E-state index contributed by atoms with van der Waals surface area (Å²) in [6.45, 7) is 13.0. The Morgan fingerprint density at radius 2 is 0.397 bits per heavy atom. The van der Waals surface area contributed by atoms with Crippen molar-refractivity contribution in [1.82, 2.24) is 0 Å². The van der Waals surface area contributed by atoms with Crippen molar-refractivity contribution in [2.24, 2.45) is 0 Å². The molecule has 6 amide bonds. The molecule has 0 saturated carbocycles. The standard InChI is InChI=1S/2C25H48NO3.H2O4S/c2*1-5-8-11-14-17-20-23(27)26(4,24(28)21-18-15-12-9-6-2)25(29)22-19-16-13-10-7-3;1-5(2,3)4/h2*5-22H2,1-4H3;(H2,1,2,3,4)/q2*+1;/p-2. The van der Waals surface area contributed by atoms with Crippen molar-refractivity contribution >= 4 is 45.8 Å². The summed E-state index contributed by atoms with van der Waals surface area (Å²) in [5.74, 6) is -1.17. The smallest absolute Gasteiger partial charge is 0.328 e. The zero-order valence-corrected chi connectivity index (χ0v) is 42.7. The lowest BCUT2D eigenvalue weighted by molar-refractivity contribution is -0.682. The Balaban J connectivity index is -0.00000103. The monoisotopic (exact) mass is 917 g/mol. The van der Waals surface area contributed by atoms with Gasteiger partial charge in [0.25, 0.3) is 0 Å². The first-order valence-electron chi connectivity index (χ1n) is 25.5. The SMILES string of the molecule is CCCCCCCC(=O)[N+](C)(C(=O)CCCCCCC)C(=O)CCCCCCC.CCCCCCCC(=O)[N+](C)(C(=O)CCCCCCC)C(=O)CCCCCCC.O=S(=O)([O-])[O-]. The summed E-state index contributed by atoms with van der Waals surface area (Å²) in [7, 11) is -2.03.